The van der Waals surface area contributed by atoms with Gasteiger partial charge in [-0.1, -0.05) is 33.1 Å². The molecule has 0 radical (unpaired) electrons. The number of hydrogen-bond donors (Lipinski definition) is 5. The second-order valence-electron chi connectivity index (χ2n) is 11.8. The normalized spacial score (nSPS) is 24.5. The summed E-state index contributed by atoms with van der Waals surface area (Å²) in [4.78, 5) is 52.1. The third-order valence-corrected chi connectivity index (χ3v) is 8.88. The molecule has 14 heteroatoms. The summed E-state index contributed by atoms with van der Waals surface area (Å²) in [6.07, 6.45) is 5.65. The first-order valence-electron chi connectivity index (χ1n) is 14.3. The van der Waals surface area contributed by atoms with E-state index in [0.29, 0.717) is 31.8 Å². The molecule has 0 aromatic rings. The largest absolute Gasteiger partial charge is 0.449 e. The van der Waals surface area contributed by atoms with Crippen LogP contribution >= 0.6 is 0 Å². The maximum absolute atomic E-state index is 13.1. The average Bonchev–Trinajstić information content (AvgIpc) is 3.45. The summed E-state index contributed by atoms with van der Waals surface area (Å²) in [5.74, 6) is -1.42. The summed E-state index contributed by atoms with van der Waals surface area (Å²) in [6, 6.07) is -2.61. The summed E-state index contributed by atoms with van der Waals surface area (Å²) in [5.41, 5.74) is -2.35. The number of rotatable bonds is 13. The van der Waals surface area contributed by atoms with Crippen molar-refractivity contribution in [2.45, 2.75) is 89.2 Å². The Morgan fingerprint density at radius 2 is 1.80 bits per heavy atom. The molecule has 13 nitrogen and oxygen atoms in total. The van der Waals surface area contributed by atoms with Gasteiger partial charge in [0.2, 0.25) is 23.2 Å². The number of carbonyl (C=O) groups is 4. The third kappa shape index (κ3) is 9.58. The Bertz CT molecular complexity index is 1020. The predicted octanol–water partition coefficient (Wildman–Crippen LogP) is 0.773. The molecule has 1 aliphatic carbocycles. The van der Waals surface area contributed by atoms with Gasteiger partial charge in [-0.15, -0.1) is 0 Å². The number of ether oxygens (including phenoxy) is 1. The molecule has 0 bridgehead atoms. The van der Waals surface area contributed by atoms with Crippen LogP contribution in [-0.4, -0.2) is 90.6 Å². The molecule has 2 heterocycles. The lowest BCUT2D eigenvalue weighted by Gasteiger charge is -2.27. The van der Waals surface area contributed by atoms with Gasteiger partial charge in [-0.25, -0.2) is 4.79 Å². The van der Waals surface area contributed by atoms with Gasteiger partial charge in [0.25, 0.3) is 10.1 Å². The molecular weight excluding hydrogens is 544 g/mol. The Labute approximate surface area is 235 Å². The number of likely N-dealkylation sites (tertiary alicyclic amines) is 1. The minimum atomic E-state index is -4.95. The van der Waals surface area contributed by atoms with Gasteiger partial charge < -0.3 is 30.7 Å². The Balaban J connectivity index is 1.55. The van der Waals surface area contributed by atoms with E-state index in [9.17, 15) is 37.3 Å². The first-order valence-corrected chi connectivity index (χ1v) is 15.8. The van der Waals surface area contributed by atoms with Crippen molar-refractivity contribution < 1.29 is 42.0 Å². The molecule has 3 fully saturated rings. The number of hydrogen-bond acceptors (Lipinski definition) is 8. The van der Waals surface area contributed by atoms with Crippen molar-refractivity contribution in [1.29, 1.82) is 0 Å². The van der Waals surface area contributed by atoms with Crippen LogP contribution in [0.2, 0.25) is 0 Å². The van der Waals surface area contributed by atoms with Crippen LogP contribution in [0, 0.1) is 23.7 Å². The zero-order valence-corrected chi connectivity index (χ0v) is 24.2. The summed E-state index contributed by atoms with van der Waals surface area (Å²) in [7, 11) is -4.95. The van der Waals surface area contributed by atoms with Gasteiger partial charge >= 0.3 is 6.09 Å². The van der Waals surface area contributed by atoms with Crippen LogP contribution in [0.3, 0.4) is 0 Å². The highest BCUT2D eigenvalue weighted by Gasteiger charge is 2.38. The maximum Gasteiger partial charge on any atom is 0.407 e. The van der Waals surface area contributed by atoms with Gasteiger partial charge in [0.05, 0.1) is 12.6 Å². The summed E-state index contributed by atoms with van der Waals surface area (Å²) in [5, 5.41) is 17.7. The molecule has 4 amide bonds. The smallest absolute Gasteiger partial charge is 0.407 e. The Kier molecular flexibility index (Phi) is 11.6. The number of nitrogens with one attached hydrogen (secondary N) is 3. The van der Waals surface area contributed by atoms with Crippen molar-refractivity contribution in [3.63, 3.8) is 0 Å². The molecule has 2 unspecified atom stereocenters. The fourth-order valence-corrected chi connectivity index (χ4v) is 6.41. The van der Waals surface area contributed by atoms with Gasteiger partial charge in [-0.05, 0) is 43.9 Å². The summed E-state index contributed by atoms with van der Waals surface area (Å²) >= 11 is 0. The zero-order chi connectivity index (χ0) is 29.4. The monoisotopic (exact) mass is 588 g/mol. The lowest BCUT2D eigenvalue weighted by Crippen LogP contribution is -2.55. The number of alkyl carbamates (subject to hydrolysis) is 1. The highest BCUT2D eigenvalue weighted by atomic mass is 32.2. The highest BCUT2D eigenvalue weighted by molar-refractivity contribution is 7.86. The molecule has 228 valence electrons. The van der Waals surface area contributed by atoms with E-state index in [1.54, 1.807) is 0 Å². The van der Waals surface area contributed by atoms with Crippen LogP contribution < -0.4 is 16.0 Å². The van der Waals surface area contributed by atoms with E-state index in [4.69, 9.17) is 4.74 Å². The van der Waals surface area contributed by atoms with E-state index < -0.39 is 45.6 Å². The minimum Gasteiger partial charge on any atom is -0.449 e. The van der Waals surface area contributed by atoms with Gasteiger partial charge in [-0.3, -0.25) is 18.9 Å². The van der Waals surface area contributed by atoms with Gasteiger partial charge in [0, 0.05) is 37.9 Å². The van der Waals surface area contributed by atoms with Crippen LogP contribution in [0.15, 0.2) is 0 Å². The van der Waals surface area contributed by atoms with Crippen molar-refractivity contribution in [3.05, 3.63) is 0 Å². The van der Waals surface area contributed by atoms with Crippen molar-refractivity contribution >= 4 is 33.9 Å². The Hall–Kier alpha value is -2.45. The Morgan fingerprint density at radius 1 is 1.10 bits per heavy atom. The van der Waals surface area contributed by atoms with E-state index in [1.807, 2.05) is 18.7 Å². The standard InChI is InChI=1S/C26H44N4O9S/c1-16(2)10-20(24(33)28-21(25(34)40(36,37)38)12-19-8-9-27-23(19)32)29-26(35)39-15-18-11-22(31)30(14-18)13-17-6-4-3-5-7-17/h16-21,25,34H,3-15H2,1-2H3,(H,27,32)(H,28,33)(H,29,35)(H,36,37,38)/t18?,19-,20-,21-,25?/m0/s1. The van der Waals surface area contributed by atoms with E-state index in [-0.39, 0.29) is 43.1 Å². The zero-order valence-electron chi connectivity index (χ0n) is 23.3. The average molecular weight is 589 g/mol. The molecule has 3 aliphatic rings. The number of aliphatic hydroxyl groups is 1. The van der Waals surface area contributed by atoms with Crippen LogP contribution in [-0.2, 0) is 29.2 Å². The van der Waals surface area contributed by atoms with Gasteiger partial charge in [0.1, 0.15) is 6.04 Å². The molecular formula is C26H44N4O9S. The SMILES string of the molecule is CC(C)C[C@H](NC(=O)OCC1CC(=O)N(CC2CCCCC2)C1)C(=O)N[C@@H](C[C@@H]1CCNC1=O)C(O)S(=O)(=O)O. The second-order valence-corrected chi connectivity index (χ2v) is 13.3. The van der Waals surface area contributed by atoms with E-state index >= 15 is 0 Å². The minimum absolute atomic E-state index is 0.00957. The van der Waals surface area contributed by atoms with Gasteiger partial charge in [-0.2, -0.15) is 8.42 Å². The molecule has 1 saturated carbocycles. The molecule has 5 atom stereocenters. The lowest BCUT2D eigenvalue weighted by atomic mass is 9.89. The topological polar surface area (TPSA) is 191 Å². The predicted molar refractivity (Wildman–Crippen MR) is 144 cm³/mol. The van der Waals surface area contributed by atoms with Crippen LogP contribution in [0.4, 0.5) is 4.79 Å². The molecule has 0 spiro atoms. The number of amides is 4. The quantitative estimate of drug-likeness (QED) is 0.193. The maximum atomic E-state index is 13.1. The Morgan fingerprint density at radius 3 is 2.40 bits per heavy atom. The van der Waals surface area contributed by atoms with Crippen molar-refractivity contribution in [3.8, 4) is 0 Å². The number of carbonyl (C=O) groups excluding carboxylic acids is 4. The van der Waals surface area contributed by atoms with Crippen molar-refractivity contribution in [2.75, 3.05) is 26.2 Å². The first kappa shape index (κ1) is 32.1. The van der Waals surface area contributed by atoms with Crippen LogP contribution in [0.5, 0.6) is 0 Å². The molecule has 2 saturated heterocycles. The summed E-state index contributed by atoms with van der Waals surface area (Å²) < 4.78 is 38.0. The van der Waals surface area contributed by atoms with Crippen LogP contribution in [0.1, 0.15) is 71.6 Å². The lowest BCUT2D eigenvalue weighted by molar-refractivity contribution is -0.128. The fourth-order valence-electron chi connectivity index (χ4n) is 5.82. The number of aliphatic hydroxyl groups excluding tert-OH is 1. The van der Waals surface area contributed by atoms with E-state index in [1.165, 1.54) is 19.3 Å². The summed E-state index contributed by atoms with van der Waals surface area (Å²) in [6.45, 7) is 5.28. The highest BCUT2D eigenvalue weighted by Crippen LogP contribution is 2.27. The molecule has 0 aromatic heterocycles. The fraction of sp³-hybridized carbons (Fsp3) is 0.846. The van der Waals surface area contributed by atoms with Gasteiger partial charge in [0.15, 0.2) is 0 Å². The molecule has 0 aromatic carbocycles. The molecule has 5 N–H and O–H groups in total. The molecule has 3 rings (SSSR count). The van der Waals surface area contributed by atoms with E-state index in [0.717, 1.165) is 19.4 Å². The van der Waals surface area contributed by atoms with Crippen LogP contribution in [0.25, 0.3) is 0 Å². The second kappa shape index (κ2) is 14.4. The first-order chi connectivity index (χ1) is 18.8. The third-order valence-electron chi connectivity index (χ3n) is 7.94. The molecule has 2 aliphatic heterocycles. The van der Waals surface area contributed by atoms with Crippen molar-refractivity contribution in [1.82, 2.24) is 20.9 Å². The molecule has 40 heavy (non-hydrogen) atoms. The number of nitrogens with zero attached hydrogens (tertiary/aromatic N) is 1. The van der Waals surface area contributed by atoms with Crippen molar-refractivity contribution in [2.24, 2.45) is 23.7 Å². The van der Waals surface area contributed by atoms with E-state index in [2.05, 4.69) is 16.0 Å².